The van der Waals surface area contributed by atoms with Gasteiger partial charge in [0.2, 0.25) is 11.9 Å². The van der Waals surface area contributed by atoms with Crippen LogP contribution < -0.4 is 10.2 Å². The van der Waals surface area contributed by atoms with Crippen LogP contribution in [0, 0.1) is 0 Å². The summed E-state index contributed by atoms with van der Waals surface area (Å²) in [6, 6.07) is 9.91. The molecule has 23 heavy (non-hydrogen) atoms. The standard InChI is InChI=1S/C16H19N5O2/c1-19-10-12(22)20(2)14-13(15(19)23)21(3)16(18-14)17-9-11-7-5-4-6-8-11/h4-8H,9-10H2,1-3H3,(H,17,18). The van der Waals surface area contributed by atoms with Crippen molar-refractivity contribution in [3.63, 3.8) is 0 Å². The number of carbonyl (C=O) groups is 2. The minimum Gasteiger partial charge on any atom is -0.352 e. The van der Waals surface area contributed by atoms with Crippen LogP contribution in [0.1, 0.15) is 16.1 Å². The number of amides is 2. The molecule has 2 amide bonds. The third-order valence-electron chi connectivity index (χ3n) is 3.98. The Bertz CT molecular complexity index is 753. The first-order chi connectivity index (χ1) is 11.0. The molecular weight excluding hydrogens is 294 g/mol. The molecule has 3 rings (SSSR count). The number of carbonyl (C=O) groups excluding carboxylic acids is 2. The molecule has 0 spiro atoms. The average Bonchev–Trinajstić information content (AvgIpc) is 2.85. The van der Waals surface area contributed by atoms with Crippen LogP contribution in [0.15, 0.2) is 30.3 Å². The molecule has 0 atom stereocenters. The van der Waals surface area contributed by atoms with Crippen LogP contribution in [-0.2, 0) is 18.4 Å². The highest BCUT2D eigenvalue weighted by molar-refractivity contribution is 6.08. The number of hydrogen-bond donors (Lipinski definition) is 1. The van der Waals surface area contributed by atoms with Gasteiger partial charge in [0.25, 0.3) is 5.91 Å². The molecule has 1 aromatic heterocycles. The number of aromatic nitrogens is 2. The highest BCUT2D eigenvalue weighted by Crippen LogP contribution is 2.26. The molecule has 7 nitrogen and oxygen atoms in total. The molecule has 2 aromatic rings. The van der Waals surface area contributed by atoms with Gasteiger partial charge in [-0.3, -0.25) is 14.5 Å². The highest BCUT2D eigenvalue weighted by atomic mass is 16.2. The quantitative estimate of drug-likeness (QED) is 0.920. The van der Waals surface area contributed by atoms with E-state index in [2.05, 4.69) is 10.3 Å². The summed E-state index contributed by atoms with van der Waals surface area (Å²) < 4.78 is 1.70. The predicted octanol–water partition coefficient (Wildman–Crippen LogP) is 1.08. The van der Waals surface area contributed by atoms with E-state index in [1.165, 1.54) is 9.80 Å². The minimum absolute atomic E-state index is 0.0540. The largest absolute Gasteiger partial charge is 0.352 e. The summed E-state index contributed by atoms with van der Waals surface area (Å²) >= 11 is 0. The maximum absolute atomic E-state index is 12.5. The first-order valence-corrected chi connectivity index (χ1v) is 7.35. The van der Waals surface area contributed by atoms with Crippen molar-refractivity contribution in [2.24, 2.45) is 7.05 Å². The fourth-order valence-electron chi connectivity index (χ4n) is 2.57. The number of nitrogens with zero attached hydrogens (tertiary/aromatic N) is 4. The molecule has 0 radical (unpaired) electrons. The fourth-order valence-corrected chi connectivity index (χ4v) is 2.57. The zero-order chi connectivity index (χ0) is 16.6. The monoisotopic (exact) mass is 313 g/mol. The van der Waals surface area contributed by atoms with Crippen molar-refractivity contribution in [3.05, 3.63) is 41.6 Å². The first-order valence-electron chi connectivity index (χ1n) is 7.35. The van der Waals surface area contributed by atoms with E-state index >= 15 is 0 Å². The Labute approximate surface area is 134 Å². The Morgan fingerprint density at radius 3 is 2.52 bits per heavy atom. The zero-order valence-corrected chi connectivity index (χ0v) is 13.4. The van der Waals surface area contributed by atoms with Crippen LogP contribution in [0.5, 0.6) is 0 Å². The number of nitrogens with one attached hydrogen (secondary N) is 1. The Balaban J connectivity index is 1.93. The molecule has 0 saturated carbocycles. The van der Waals surface area contributed by atoms with Gasteiger partial charge in [-0.1, -0.05) is 30.3 Å². The van der Waals surface area contributed by atoms with Gasteiger partial charge >= 0.3 is 0 Å². The van der Waals surface area contributed by atoms with E-state index in [0.717, 1.165) is 5.56 Å². The third kappa shape index (κ3) is 2.65. The van der Waals surface area contributed by atoms with E-state index in [9.17, 15) is 9.59 Å². The number of likely N-dealkylation sites (N-methyl/N-ethyl adjacent to an activating group) is 2. The van der Waals surface area contributed by atoms with Gasteiger partial charge in [0.15, 0.2) is 11.5 Å². The van der Waals surface area contributed by atoms with Crippen LogP contribution in [0.4, 0.5) is 11.8 Å². The van der Waals surface area contributed by atoms with Crippen LogP contribution in [0.25, 0.3) is 0 Å². The Morgan fingerprint density at radius 2 is 1.83 bits per heavy atom. The van der Waals surface area contributed by atoms with Crippen LogP contribution in [-0.4, -0.2) is 46.9 Å². The maximum atomic E-state index is 12.5. The molecule has 0 bridgehead atoms. The lowest BCUT2D eigenvalue weighted by atomic mass is 10.2. The number of benzene rings is 1. The molecule has 2 heterocycles. The molecule has 1 aliphatic heterocycles. The van der Waals surface area contributed by atoms with Gasteiger partial charge in [-0.15, -0.1) is 0 Å². The topological polar surface area (TPSA) is 70.5 Å². The SMILES string of the molecule is CN1CC(=O)N(C)c2nc(NCc3ccccc3)n(C)c2C1=O. The van der Waals surface area contributed by atoms with E-state index in [1.807, 2.05) is 30.3 Å². The second kappa shape index (κ2) is 5.75. The van der Waals surface area contributed by atoms with Crippen molar-refractivity contribution in [1.29, 1.82) is 0 Å². The Kier molecular flexibility index (Phi) is 3.77. The lowest BCUT2D eigenvalue weighted by molar-refractivity contribution is -0.118. The number of rotatable bonds is 3. The number of imidazole rings is 1. The second-order valence-corrected chi connectivity index (χ2v) is 5.62. The lowest BCUT2D eigenvalue weighted by Crippen LogP contribution is -2.35. The molecule has 120 valence electrons. The van der Waals surface area contributed by atoms with Gasteiger partial charge < -0.3 is 14.8 Å². The number of fused-ring (bicyclic) bond motifs is 1. The van der Waals surface area contributed by atoms with Crippen LogP contribution in [0.3, 0.4) is 0 Å². The summed E-state index contributed by atoms with van der Waals surface area (Å²) in [6.07, 6.45) is 0. The van der Waals surface area contributed by atoms with E-state index in [1.54, 1.807) is 25.7 Å². The van der Waals surface area contributed by atoms with Crippen molar-refractivity contribution in [3.8, 4) is 0 Å². The molecule has 0 unspecified atom stereocenters. The zero-order valence-electron chi connectivity index (χ0n) is 13.4. The molecule has 1 aliphatic rings. The van der Waals surface area contributed by atoms with Gasteiger partial charge in [0.1, 0.15) is 6.54 Å². The van der Waals surface area contributed by atoms with Gasteiger partial charge in [-0.2, -0.15) is 4.98 Å². The van der Waals surface area contributed by atoms with Crippen LogP contribution in [0.2, 0.25) is 0 Å². The van der Waals surface area contributed by atoms with Crippen LogP contribution >= 0.6 is 0 Å². The molecule has 7 heteroatoms. The van der Waals surface area contributed by atoms with Crippen molar-refractivity contribution < 1.29 is 9.59 Å². The smallest absolute Gasteiger partial charge is 0.274 e. The summed E-state index contributed by atoms with van der Waals surface area (Å²) in [7, 11) is 5.03. The number of anilines is 2. The van der Waals surface area contributed by atoms with Gasteiger partial charge in [0, 0.05) is 27.7 Å². The van der Waals surface area contributed by atoms with Gasteiger partial charge in [0.05, 0.1) is 0 Å². The second-order valence-electron chi connectivity index (χ2n) is 5.62. The molecule has 1 N–H and O–H groups in total. The summed E-state index contributed by atoms with van der Waals surface area (Å²) in [5.74, 6) is 0.581. The summed E-state index contributed by atoms with van der Waals surface area (Å²) in [6.45, 7) is 0.644. The predicted molar refractivity (Wildman–Crippen MR) is 87.3 cm³/mol. The third-order valence-corrected chi connectivity index (χ3v) is 3.98. The van der Waals surface area contributed by atoms with E-state index in [0.29, 0.717) is 24.0 Å². The summed E-state index contributed by atoms with van der Waals surface area (Å²) in [5.41, 5.74) is 1.52. The Morgan fingerprint density at radius 1 is 1.13 bits per heavy atom. The first kappa shape index (κ1) is 15.1. The molecule has 0 fully saturated rings. The molecule has 0 saturated heterocycles. The molecule has 1 aromatic carbocycles. The van der Waals surface area contributed by atoms with E-state index < -0.39 is 0 Å². The normalized spacial score (nSPS) is 14.7. The minimum atomic E-state index is -0.208. The van der Waals surface area contributed by atoms with Crippen molar-refractivity contribution in [1.82, 2.24) is 14.5 Å². The van der Waals surface area contributed by atoms with E-state index in [4.69, 9.17) is 0 Å². The maximum Gasteiger partial charge on any atom is 0.274 e. The Hall–Kier alpha value is -2.83. The van der Waals surface area contributed by atoms with Gasteiger partial charge in [-0.05, 0) is 5.56 Å². The lowest BCUT2D eigenvalue weighted by Gasteiger charge is -2.15. The van der Waals surface area contributed by atoms with Gasteiger partial charge in [-0.25, -0.2) is 0 Å². The molecular formula is C16H19N5O2. The van der Waals surface area contributed by atoms with E-state index in [-0.39, 0.29) is 18.4 Å². The fraction of sp³-hybridized carbons (Fsp3) is 0.312. The number of hydrogen-bond acceptors (Lipinski definition) is 4. The van der Waals surface area contributed by atoms with Crippen molar-refractivity contribution in [2.45, 2.75) is 6.54 Å². The highest BCUT2D eigenvalue weighted by Gasteiger charge is 2.33. The van der Waals surface area contributed by atoms with Crippen molar-refractivity contribution in [2.75, 3.05) is 30.9 Å². The average molecular weight is 313 g/mol. The molecule has 0 aliphatic carbocycles. The summed E-state index contributed by atoms with van der Waals surface area (Å²) in [4.78, 5) is 31.9. The summed E-state index contributed by atoms with van der Waals surface area (Å²) in [5, 5.41) is 3.22. The van der Waals surface area contributed by atoms with Crippen molar-refractivity contribution >= 4 is 23.6 Å².